The van der Waals surface area contributed by atoms with Gasteiger partial charge in [-0.3, -0.25) is 43.2 Å². The summed E-state index contributed by atoms with van der Waals surface area (Å²) in [5, 5.41) is 19.0. The normalized spacial score (nSPS) is 21.0. The summed E-state index contributed by atoms with van der Waals surface area (Å²) in [6, 6.07) is 44.8. The maximum Gasteiger partial charge on any atom is 0.246 e. The monoisotopic (exact) mass is 1350 g/mol. The lowest BCUT2D eigenvalue weighted by Crippen LogP contribution is -2.58. The minimum Gasteiger partial charge on any atom is -0.356 e. The highest BCUT2D eigenvalue weighted by Gasteiger charge is 2.52. The van der Waals surface area contributed by atoms with E-state index in [2.05, 4.69) is 67.7 Å². The Hall–Kier alpha value is -8.87. The van der Waals surface area contributed by atoms with Crippen molar-refractivity contribution in [2.75, 3.05) is 27.2 Å². The zero-order chi connectivity index (χ0) is 70.8. The van der Waals surface area contributed by atoms with E-state index in [0.29, 0.717) is 94.8 Å². The van der Waals surface area contributed by atoms with E-state index in [4.69, 9.17) is 0 Å². The van der Waals surface area contributed by atoms with Crippen molar-refractivity contribution < 1.29 is 43.2 Å². The third-order valence-electron chi connectivity index (χ3n) is 21.2. The second kappa shape index (κ2) is 38.1. The molecule has 4 heterocycles. The van der Waals surface area contributed by atoms with Gasteiger partial charge in [-0.15, -0.1) is 0 Å². The molecule has 5 aromatic rings. The number of likely N-dealkylation sites (N-methyl/N-ethyl adjacent to an activating group) is 2. The highest BCUT2D eigenvalue weighted by molar-refractivity contribution is 6.00. The van der Waals surface area contributed by atoms with Crippen LogP contribution in [0.4, 0.5) is 0 Å². The van der Waals surface area contributed by atoms with Gasteiger partial charge in [-0.25, -0.2) is 0 Å². The summed E-state index contributed by atoms with van der Waals surface area (Å²) in [6.45, 7) is 5.39. The predicted molar refractivity (Wildman–Crippen MR) is 389 cm³/mol. The van der Waals surface area contributed by atoms with Gasteiger partial charge in [0.05, 0.1) is 18.1 Å². The molecule has 10 atom stereocenters. The number of hydrogen-bond donors (Lipinski definition) is 6. The lowest BCUT2D eigenvalue weighted by atomic mass is 9.77. The van der Waals surface area contributed by atoms with Crippen LogP contribution in [0.5, 0.6) is 0 Å². The molecule has 0 unspecified atom stereocenters. The number of carbonyl (C=O) groups is 9. The number of ketones is 4. The SMILES string of the molecule is CC[C@H](NC)C(=O)C[C@@H]1C(=O)N2[C@@H](CC[C@@H]1CCNCc1ccccc1)CC[C@H]2C(=O)NC(C(=O)CCCNC(=O)CCC#CC#CCCC(=O)CC[C@H]1CC[C@H]2CC[C@@H](C(=O)CC(c3ccccc3)c3ccccc3)N2C(=O)[C@H]1NC(=O)[C@H](CC)NC)(c1ccccc1)c1ccccc1. The number of carbonyl (C=O) groups excluding carboxylic acids is 9. The Morgan fingerprint density at radius 3 is 1.67 bits per heavy atom. The number of nitrogens with zero attached hydrogens (tertiary/aromatic N) is 2. The Morgan fingerprint density at radius 2 is 1.09 bits per heavy atom. The summed E-state index contributed by atoms with van der Waals surface area (Å²) < 4.78 is 0. The van der Waals surface area contributed by atoms with Crippen LogP contribution in [-0.2, 0) is 55.2 Å². The second-order valence-corrected chi connectivity index (χ2v) is 27.4. The molecular weight excluding hydrogens is 1250 g/mol. The molecule has 17 nitrogen and oxygen atoms in total. The van der Waals surface area contributed by atoms with Gasteiger partial charge in [0.25, 0.3) is 0 Å². The molecule has 9 rings (SSSR count). The topological polar surface area (TPSA) is 232 Å². The van der Waals surface area contributed by atoms with Gasteiger partial charge >= 0.3 is 0 Å². The van der Waals surface area contributed by atoms with Gasteiger partial charge in [-0.2, -0.15) is 0 Å². The molecule has 0 aromatic heterocycles. The van der Waals surface area contributed by atoms with Gasteiger partial charge in [-0.05, 0) is 156 Å². The van der Waals surface area contributed by atoms with Crippen molar-refractivity contribution in [2.45, 2.75) is 209 Å². The number of amides is 5. The minimum atomic E-state index is -1.64. The lowest BCUT2D eigenvalue weighted by Gasteiger charge is -2.38. The number of benzene rings is 5. The van der Waals surface area contributed by atoms with Crippen LogP contribution in [0.3, 0.4) is 0 Å². The Kier molecular flexibility index (Phi) is 28.7. The van der Waals surface area contributed by atoms with Gasteiger partial charge in [0.2, 0.25) is 29.5 Å². The fourth-order valence-electron chi connectivity index (χ4n) is 15.7. The molecule has 6 N–H and O–H groups in total. The number of fused-ring (bicyclic) bond motifs is 2. The maximum atomic E-state index is 15.2. The van der Waals surface area contributed by atoms with Crippen LogP contribution in [0.25, 0.3) is 0 Å². The highest BCUT2D eigenvalue weighted by atomic mass is 16.2. The molecule has 0 radical (unpaired) electrons. The van der Waals surface area contributed by atoms with Crippen molar-refractivity contribution in [1.82, 2.24) is 41.7 Å². The maximum absolute atomic E-state index is 15.2. The van der Waals surface area contributed by atoms with Gasteiger partial charge in [0.15, 0.2) is 17.3 Å². The van der Waals surface area contributed by atoms with Crippen molar-refractivity contribution in [3.8, 4) is 23.7 Å². The summed E-state index contributed by atoms with van der Waals surface area (Å²) in [6.07, 6.45) is 8.76. The van der Waals surface area contributed by atoms with Crippen LogP contribution in [-0.4, -0.2) is 132 Å². The summed E-state index contributed by atoms with van der Waals surface area (Å²) in [4.78, 5) is 133. The average Bonchev–Trinajstić information content (AvgIpc) is 1.04. The first kappa shape index (κ1) is 75.3. The highest BCUT2D eigenvalue weighted by Crippen LogP contribution is 2.42. The lowest BCUT2D eigenvalue weighted by molar-refractivity contribution is -0.146. The van der Waals surface area contributed by atoms with E-state index in [1.54, 1.807) is 23.9 Å². The molecule has 4 aliphatic rings. The average molecular weight is 1360 g/mol. The first-order valence-electron chi connectivity index (χ1n) is 36.6. The quantitative estimate of drug-likeness (QED) is 0.0164. The largest absolute Gasteiger partial charge is 0.356 e. The molecule has 100 heavy (non-hydrogen) atoms. The zero-order valence-electron chi connectivity index (χ0n) is 58.8. The molecule has 0 saturated carbocycles. The molecule has 4 fully saturated rings. The van der Waals surface area contributed by atoms with Crippen LogP contribution in [0.1, 0.15) is 182 Å². The fourth-order valence-corrected chi connectivity index (χ4v) is 15.7. The van der Waals surface area contributed by atoms with E-state index in [-0.39, 0.29) is 141 Å². The Bertz CT molecular complexity index is 3600. The number of nitrogens with one attached hydrogen (secondary N) is 6. The molecule has 0 aliphatic carbocycles. The molecule has 5 amide bonds. The van der Waals surface area contributed by atoms with Crippen LogP contribution < -0.4 is 31.9 Å². The second-order valence-electron chi connectivity index (χ2n) is 27.4. The standard InChI is InChI=1S/C83H102N8O9/c1-5-70(84-3)74(93)56-69-61(52-54-86-57-58-29-16-11-17-30-58)42-45-66-48-51-73(91(66)81(69)99)80(98)89-83(63-35-22-14-23-36-63,64-37-24-15-25-38-64)76(95)40-28-53-87-77(96)41-27-10-8-7-9-26-39-67(92)49-44-62-43-46-65-47-50-72(90(65)82(100)78(62)88-79(97)71(6-2)85-4)75(94)55-68(59-31-18-12-19-32-59)60-33-20-13-21-34-60/h11-25,29-38,61-62,65-66,68-73,78,84-86H,5-6,26-28,39-57H2,1-4H3,(H,87,96)(H,88,97)(H,89,98)/t61-,62-,65+,66+,69+,70+,71+,72+,73+,78+/m1/s1. The van der Waals surface area contributed by atoms with E-state index in [0.717, 1.165) is 23.1 Å². The van der Waals surface area contributed by atoms with Crippen LogP contribution in [0.15, 0.2) is 152 Å². The minimum absolute atomic E-state index is 0.00198. The van der Waals surface area contributed by atoms with Crippen LogP contribution in [0, 0.1) is 41.4 Å². The van der Waals surface area contributed by atoms with Crippen LogP contribution >= 0.6 is 0 Å². The summed E-state index contributed by atoms with van der Waals surface area (Å²) >= 11 is 0. The van der Waals surface area contributed by atoms with Crippen molar-refractivity contribution in [1.29, 1.82) is 0 Å². The molecular formula is C83H102N8O9. The fraction of sp³-hybridized carbons (Fsp3) is 0.482. The Balaban J connectivity index is 0.764. The van der Waals surface area contributed by atoms with Crippen molar-refractivity contribution >= 4 is 52.7 Å². The molecule has 4 saturated heterocycles. The van der Waals surface area contributed by atoms with E-state index >= 15 is 14.4 Å². The Labute approximate surface area is 591 Å². The predicted octanol–water partition coefficient (Wildman–Crippen LogP) is 10.00. The van der Waals surface area contributed by atoms with Gasteiger partial charge in [0, 0.05) is 88.4 Å². The van der Waals surface area contributed by atoms with Crippen molar-refractivity contribution in [2.24, 2.45) is 17.8 Å². The first-order valence-corrected chi connectivity index (χ1v) is 36.6. The zero-order valence-corrected chi connectivity index (χ0v) is 58.8. The summed E-state index contributed by atoms with van der Waals surface area (Å²) in [5.74, 6) is 8.57. The van der Waals surface area contributed by atoms with E-state index in [1.165, 1.54) is 0 Å². The third-order valence-corrected chi connectivity index (χ3v) is 21.2. The summed E-state index contributed by atoms with van der Waals surface area (Å²) in [7, 11) is 3.47. The van der Waals surface area contributed by atoms with Gasteiger partial charge < -0.3 is 41.7 Å². The van der Waals surface area contributed by atoms with E-state index in [9.17, 15) is 28.8 Å². The Morgan fingerprint density at radius 1 is 0.560 bits per heavy atom. The third kappa shape index (κ3) is 19.6. The molecule has 5 aromatic carbocycles. The van der Waals surface area contributed by atoms with Crippen LogP contribution in [0.2, 0.25) is 0 Å². The van der Waals surface area contributed by atoms with Gasteiger partial charge in [0.1, 0.15) is 23.4 Å². The van der Waals surface area contributed by atoms with Crippen molar-refractivity contribution in [3.63, 3.8) is 0 Å². The number of Topliss-reactive ketones (excluding diaryl/α,β-unsaturated/α-hetero) is 4. The van der Waals surface area contributed by atoms with E-state index < -0.39 is 47.6 Å². The molecule has 4 aliphatic heterocycles. The van der Waals surface area contributed by atoms with Gasteiger partial charge in [-0.1, -0.05) is 177 Å². The molecule has 17 heteroatoms. The first-order chi connectivity index (χ1) is 48.7. The molecule has 0 bridgehead atoms. The smallest absolute Gasteiger partial charge is 0.246 e. The number of hydrogen-bond acceptors (Lipinski definition) is 12. The molecule has 528 valence electrons. The summed E-state index contributed by atoms with van der Waals surface area (Å²) in [5.41, 5.74) is 2.70. The number of rotatable bonds is 35. The van der Waals surface area contributed by atoms with Crippen molar-refractivity contribution in [3.05, 3.63) is 179 Å². The van der Waals surface area contributed by atoms with E-state index in [1.807, 2.05) is 153 Å². The molecule has 0 spiro atoms.